The van der Waals surface area contributed by atoms with E-state index in [1.54, 1.807) is 6.92 Å². The highest BCUT2D eigenvalue weighted by atomic mass is 28.4. The molecule has 17 heavy (non-hydrogen) atoms. The van der Waals surface area contributed by atoms with Crippen LogP contribution in [0.15, 0.2) is 12.2 Å². The highest BCUT2D eigenvalue weighted by Crippen LogP contribution is 2.27. The number of carbonyl (C=O) groups is 1. The second kappa shape index (κ2) is 6.35. The maximum absolute atomic E-state index is 11.2. The van der Waals surface area contributed by atoms with Gasteiger partial charge in [-0.1, -0.05) is 13.0 Å². The molecule has 1 saturated heterocycles. The van der Waals surface area contributed by atoms with Crippen molar-refractivity contribution in [2.75, 3.05) is 6.61 Å². The summed E-state index contributed by atoms with van der Waals surface area (Å²) in [6.45, 7) is 10.3. The highest BCUT2D eigenvalue weighted by Gasteiger charge is 2.30. The maximum atomic E-state index is 11.2. The van der Waals surface area contributed by atoms with E-state index in [2.05, 4.69) is 19.7 Å². The van der Waals surface area contributed by atoms with E-state index in [0.717, 1.165) is 19.3 Å². The van der Waals surface area contributed by atoms with Crippen molar-refractivity contribution >= 4 is 14.3 Å². The minimum absolute atomic E-state index is 0.288. The van der Waals surface area contributed by atoms with Crippen molar-refractivity contribution in [2.24, 2.45) is 0 Å². The molecule has 1 rings (SSSR count). The van der Waals surface area contributed by atoms with E-state index in [9.17, 15) is 4.79 Å². The fraction of sp³-hybridized carbons (Fsp3) is 0.769. The molecule has 0 aromatic rings. The predicted octanol–water partition coefficient (Wildman–Crippen LogP) is 3.27. The van der Waals surface area contributed by atoms with Crippen molar-refractivity contribution in [1.29, 1.82) is 0 Å². The Balaban J connectivity index is 2.14. The molecule has 0 amide bonds. The largest absolute Gasteiger partial charge is 0.462 e. The summed E-state index contributed by atoms with van der Waals surface area (Å²) < 4.78 is 11.2. The topological polar surface area (TPSA) is 35.5 Å². The minimum atomic E-state index is -1.38. The van der Waals surface area contributed by atoms with Crippen molar-refractivity contribution in [3.8, 4) is 0 Å². The van der Waals surface area contributed by atoms with Crippen LogP contribution in [-0.4, -0.2) is 27.0 Å². The summed E-state index contributed by atoms with van der Waals surface area (Å²) in [5.41, 5.74) is 0.465. The number of hydrogen-bond acceptors (Lipinski definition) is 3. The van der Waals surface area contributed by atoms with Crippen LogP contribution in [0, 0.1) is 0 Å². The molecule has 1 heterocycles. The molecule has 1 atom stereocenters. The lowest BCUT2D eigenvalue weighted by Gasteiger charge is -2.34. The first kappa shape index (κ1) is 14.4. The second-order valence-corrected chi connectivity index (χ2v) is 9.71. The van der Waals surface area contributed by atoms with Gasteiger partial charge >= 0.3 is 5.97 Å². The summed E-state index contributed by atoms with van der Waals surface area (Å²) in [5.74, 6) is -0.288. The van der Waals surface area contributed by atoms with Crippen molar-refractivity contribution in [3.05, 3.63) is 12.2 Å². The van der Waals surface area contributed by atoms with E-state index >= 15 is 0 Å². The summed E-state index contributed by atoms with van der Waals surface area (Å²) in [4.78, 5) is 11.2. The normalized spacial score (nSPS) is 23.1. The van der Waals surface area contributed by atoms with Crippen LogP contribution in [0.1, 0.15) is 32.6 Å². The molecule has 0 bridgehead atoms. The lowest BCUT2D eigenvalue weighted by atomic mass is 10.1. The maximum Gasteiger partial charge on any atom is 0.333 e. The van der Waals surface area contributed by atoms with Gasteiger partial charge in [-0.3, -0.25) is 0 Å². The van der Waals surface area contributed by atoms with Crippen molar-refractivity contribution in [2.45, 2.75) is 57.8 Å². The van der Waals surface area contributed by atoms with Crippen molar-refractivity contribution in [3.63, 3.8) is 0 Å². The van der Waals surface area contributed by atoms with Gasteiger partial charge < -0.3 is 9.16 Å². The Morgan fingerprint density at radius 1 is 1.53 bits per heavy atom. The molecule has 1 unspecified atom stereocenters. The molecular formula is C13H24O3Si. The lowest BCUT2D eigenvalue weighted by Crippen LogP contribution is -2.39. The fourth-order valence-electron chi connectivity index (χ4n) is 2.13. The smallest absolute Gasteiger partial charge is 0.333 e. The summed E-state index contributed by atoms with van der Waals surface area (Å²) >= 11 is 0. The number of hydrogen-bond donors (Lipinski definition) is 0. The quantitative estimate of drug-likeness (QED) is 0.328. The van der Waals surface area contributed by atoms with Gasteiger partial charge in [0.25, 0.3) is 0 Å². The Hall–Kier alpha value is -0.613. The molecule has 1 aliphatic heterocycles. The molecule has 4 heteroatoms. The zero-order chi connectivity index (χ0) is 12.9. The van der Waals surface area contributed by atoms with Gasteiger partial charge in [-0.15, -0.1) is 0 Å². The lowest BCUT2D eigenvalue weighted by molar-refractivity contribution is -0.139. The van der Waals surface area contributed by atoms with Crippen molar-refractivity contribution in [1.82, 2.24) is 0 Å². The summed E-state index contributed by atoms with van der Waals surface area (Å²) in [5, 5.41) is 0. The second-order valence-electron chi connectivity index (χ2n) is 5.45. The Kier molecular flexibility index (Phi) is 5.40. The number of carbonyl (C=O) groups excluding carboxylic acids is 1. The van der Waals surface area contributed by atoms with Gasteiger partial charge in [0.2, 0.25) is 0 Å². The summed E-state index contributed by atoms with van der Waals surface area (Å²) in [6.07, 6.45) is 4.71. The molecule has 0 radical (unpaired) electrons. The average Bonchev–Trinajstić information content (AvgIpc) is 2.22. The molecule has 0 aromatic carbocycles. The van der Waals surface area contributed by atoms with Gasteiger partial charge in [-0.05, 0) is 45.3 Å². The molecule has 1 aliphatic rings. The third-order valence-electron chi connectivity index (χ3n) is 3.04. The van der Waals surface area contributed by atoms with E-state index in [-0.39, 0.29) is 5.97 Å². The van der Waals surface area contributed by atoms with E-state index in [0.29, 0.717) is 18.3 Å². The molecule has 0 aromatic heterocycles. The number of rotatable bonds is 5. The van der Waals surface area contributed by atoms with Crippen LogP contribution >= 0.6 is 0 Å². The zero-order valence-corrected chi connectivity index (χ0v) is 12.3. The third kappa shape index (κ3) is 5.50. The molecule has 0 N–H and O–H groups in total. The summed E-state index contributed by atoms with van der Waals surface area (Å²) in [6, 6.07) is 1.27. The predicted molar refractivity (Wildman–Crippen MR) is 71.4 cm³/mol. The van der Waals surface area contributed by atoms with Crippen LogP contribution in [0.2, 0.25) is 19.1 Å². The highest BCUT2D eigenvalue weighted by molar-refractivity contribution is 6.71. The van der Waals surface area contributed by atoms with Gasteiger partial charge in [-0.25, -0.2) is 4.79 Å². The van der Waals surface area contributed by atoms with Crippen LogP contribution in [0.4, 0.5) is 0 Å². The van der Waals surface area contributed by atoms with E-state index in [1.165, 1.54) is 12.5 Å². The molecule has 1 fully saturated rings. The minimum Gasteiger partial charge on any atom is -0.462 e. The van der Waals surface area contributed by atoms with Gasteiger partial charge in [-0.2, -0.15) is 0 Å². The van der Waals surface area contributed by atoms with E-state index < -0.39 is 8.32 Å². The first-order chi connectivity index (χ1) is 7.91. The Morgan fingerprint density at radius 3 is 2.82 bits per heavy atom. The number of esters is 1. The average molecular weight is 256 g/mol. The fourth-order valence-corrected chi connectivity index (χ4v) is 4.44. The molecule has 0 spiro atoms. The monoisotopic (exact) mass is 256 g/mol. The van der Waals surface area contributed by atoms with Gasteiger partial charge in [0.05, 0.1) is 6.61 Å². The van der Waals surface area contributed by atoms with Crippen LogP contribution in [0.25, 0.3) is 0 Å². The molecule has 0 aliphatic carbocycles. The first-order valence-electron chi connectivity index (χ1n) is 6.41. The Morgan fingerprint density at radius 2 is 2.24 bits per heavy atom. The third-order valence-corrected chi connectivity index (χ3v) is 5.57. The van der Waals surface area contributed by atoms with Gasteiger partial charge in [0.1, 0.15) is 0 Å². The van der Waals surface area contributed by atoms with Crippen LogP contribution < -0.4 is 0 Å². The zero-order valence-electron chi connectivity index (χ0n) is 11.3. The van der Waals surface area contributed by atoms with E-state index in [4.69, 9.17) is 9.16 Å². The van der Waals surface area contributed by atoms with Crippen LogP contribution in [0.5, 0.6) is 0 Å². The van der Waals surface area contributed by atoms with Gasteiger partial charge in [0.15, 0.2) is 8.32 Å². The Bertz CT molecular complexity index is 286. The van der Waals surface area contributed by atoms with Crippen molar-refractivity contribution < 1.29 is 14.0 Å². The Labute approximate surface area is 105 Å². The van der Waals surface area contributed by atoms with Crippen LogP contribution in [-0.2, 0) is 14.0 Å². The van der Waals surface area contributed by atoms with Gasteiger partial charge in [0, 0.05) is 11.7 Å². The summed E-state index contributed by atoms with van der Waals surface area (Å²) in [7, 11) is -1.38. The molecular weight excluding hydrogens is 232 g/mol. The molecule has 98 valence electrons. The van der Waals surface area contributed by atoms with Crippen LogP contribution in [0.3, 0.4) is 0 Å². The number of ether oxygens (including phenoxy) is 1. The molecule has 3 nitrogen and oxygen atoms in total. The first-order valence-corrected chi connectivity index (χ1v) is 9.53. The SMILES string of the molecule is C=C(C)C(=O)OCCCC1CCC[Si](C)(C)O1. The molecule has 0 saturated carbocycles. The van der Waals surface area contributed by atoms with E-state index in [1.807, 2.05) is 0 Å². The standard InChI is InChI=1S/C13H24O3Si/c1-11(2)13(14)15-9-5-7-12-8-6-10-17(3,4)16-12/h12H,1,5-10H2,2-4H3.